The topological polar surface area (TPSA) is 97.1 Å². The van der Waals surface area contributed by atoms with Gasteiger partial charge in [-0.1, -0.05) is 84.1 Å². The van der Waals surface area contributed by atoms with Crippen LogP contribution in [0.4, 0.5) is 0 Å². The Morgan fingerprint density at radius 1 is 0.580 bits per heavy atom. The lowest BCUT2D eigenvalue weighted by Gasteiger charge is -2.17. The molecule has 0 radical (unpaired) electrons. The molecule has 7 heteroatoms. The SMILES string of the molecule is CCCCCCCCc1cc(-c2cc(-c3cc4sc(C)cc4s3)nc(-c3c(C#N)cc(C#N)cc3C#N)n2)c(CCCCCCCC)cc1C. The van der Waals surface area contributed by atoms with Crippen LogP contribution < -0.4 is 0 Å². The number of nitrogens with zero attached hydrogens (tertiary/aromatic N) is 5. The number of thiophene rings is 2. The largest absolute Gasteiger partial charge is 0.228 e. The van der Waals surface area contributed by atoms with Gasteiger partial charge in [-0.05, 0) is 92.6 Å². The van der Waals surface area contributed by atoms with Crippen LogP contribution in [0.5, 0.6) is 0 Å². The first-order chi connectivity index (χ1) is 24.4. The van der Waals surface area contributed by atoms with E-state index in [9.17, 15) is 15.8 Å². The highest BCUT2D eigenvalue weighted by Crippen LogP contribution is 2.40. The highest BCUT2D eigenvalue weighted by atomic mass is 32.1. The maximum atomic E-state index is 10.2. The first kappa shape index (κ1) is 36.9. The molecule has 3 heterocycles. The van der Waals surface area contributed by atoms with E-state index in [0.29, 0.717) is 11.4 Å². The lowest BCUT2D eigenvalue weighted by molar-refractivity contribution is 0.605. The zero-order valence-corrected chi connectivity index (χ0v) is 31.6. The minimum absolute atomic E-state index is 0.228. The second kappa shape index (κ2) is 18.1. The number of aromatic nitrogens is 2. The number of nitriles is 3. The number of hydrogen-bond acceptors (Lipinski definition) is 7. The standard InChI is InChI=1S/C43H47N5S2/c1-5-7-9-11-13-15-17-32-23-36(33(19-29(32)3)18-16-14-12-10-8-6-2)37-24-38(39-25-41-40(50-39)20-30(4)49-41)48-43(47-37)42-34(27-45)21-31(26-44)22-35(42)28-46/h19-25H,5-18H2,1-4H3. The molecule has 2 aromatic carbocycles. The summed E-state index contributed by atoms with van der Waals surface area (Å²) in [6.07, 6.45) is 16.9. The molecule has 0 aliphatic heterocycles. The Kier molecular flexibility index (Phi) is 13.3. The molecular formula is C43H47N5S2. The molecule has 0 aliphatic rings. The Morgan fingerprint density at radius 3 is 1.76 bits per heavy atom. The van der Waals surface area contributed by atoms with Crippen molar-refractivity contribution in [2.24, 2.45) is 0 Å². The van der Waals surface area contributed by atoms with Gasteiger partial charge in [0, 0.05) is 19.8 Å². The van der Waals surface area contributed by atoms with Crippen molar-refractivity contribution in [1.82, 2.24) is 9.97 Å². The van der Waals surface area contributed by atoms with E-state index in [1.54, 1.807) is 22.7 Å². The number of aryl methyl sites for hydroxylation is 4. The third-order valence-corrected chi connectivity index (χ3v) is 11.7. The summed E-state index contributed by atoms with van der Waals surface area (Å²) in [5.41, 5.74) is 7.75. The fourth-order valence-electron chi connectivity index (χ4n) is 6.75. The van der Waals surface area contributed by atoms with Gasteiger partial charge in [-0.2, -0.15) is 15.8 Å². The molecule has 0 spiro atoms. The molecule has 0 atom stereocenters. The van der Waals surface area contributed by atoms with Crippen molar-refractivity contribution in [1.29, 1.82) is 15.8 Å². The third kappa shape index (κ3) is 9.05. The first-order valence-electron chi connectivity index (χ1n) is 18.3. The second-order valence-corrected chi connectivity index (χ2v) is 15.8. The Labute approximate surface area is 306 Å². The Hall–Kier alpha value is -4.35. The molecule has 0 aliphatic carbocycles. The molecule has 0 fully saturated rings. The van der Waals surface area contributed by atoms with Gasteiger partial charge in [0.25, 0.3) is 0 Å². The lowest BCUT2D eigenvalue weighted by Crippen LogP contribution is -2.03. The van der Waals surface area contributed by atoms with E-state index in [-0.39, 0.29) is 16.7 Å². The van der Waals surface area contributed by atoms with E-state index < -0.39 is 0 Å². The van der Waals surface area contributed by atoms with E-state index in [0.717, 1.165) is 47.5 Å². The number of rotatable bonds is 17. The average Bonchev–Trinajstić information content (AvgIpc) is 3.68. The normalized spacial score (nSPS) is 11.1. The molecule has 5 rings (SSSR count). The summed E-state index contributed by atoms with van der Waals surface area (Å²) >= 11 is 3.47. The number of hydrogen-bond donors (Lipinski definition) is 0. The van der Waals surface area contributed by atoms with Gasteiger partial charge in [0.05, 0.1) is 56.7 Å². The van der Waals surface area contributed by atoms with Crippen molar-refractivity contribution in [2.75, 3.05) is 0 Å². The van der Waals surface area contributed by atoms with Crippen molar-refractivity contribution in [2.45, 2.75) is 118 Å². The Morgan fingerprint density at radius 2 is 1.16 bits per heavy atom. The molecule has 0 amide bonds. The van der Waals surface area contributed by atoms with Crippen molar-refractivity contribution >= 4 is 32.1 Å². The predicted octanol–water partition coefficient (Wildman–Crippen LogP) is 12.8. The van der Waals surface area contributed by atoms with Crippen LogP contribution in [0.2, 0.25) is 0 Å². The smallest absolute Gasteiger partial charge is 0.163 e. The van der Waals surface area contributed by atoms with E-state index in [4.69, 9.17) is 9.97 Å². The van der Waals surface area contributed by atoms with E-state index >= 15 is 0 Å². The number of fused-ring (bicyclic) bond motifs is 1. The molecule has 256 valence electrons. The van der Waals surface area contributed by atoms with E-state index in [1.165, 1.54) is 107 Å². The zero-order chi connectivity index (χ0) is 35.5. The fourth-order valence-corrected chi connectivity index (χ4v) is 9.03. The zero-order valence-electron chi connectivity index (χ0n) is 30.0. The van der Waals surface area contributed by atoms with Gasteiger partial charge in [-0.3, -0.25) is 0 Å². The Bertz CT molecular complexity index is 2000. The highest BCUT2D eigenvalue weighted by molar-refractivity contribution is 7.29. The van der Waals surface area contributed by atoms with Crippen LogP contribution in [0.1, 0.15) is 129 Å². The van der Waals surface area contributed by atoms with Crippen LogP contribution >= 0.6 is 22.7 Å². The van der Waals surface area contributed by atoms with Gasteiger partial charge in [0.2, 0.25) is 0 Å². The summed E-state index contributed by atoms with van der Waals surface area (Å²) < 4.78 is 2.44. The molecule has 0 saturated heterocycles. The number of unbranched alkanes of at least 4 members (excludes halogenated alkanes) is 10. The van der Waals surface area contributed by atoms with Crippen LogP contribution in [0.25, 0.3) is 42.6 Å². The lowest BCUT2D eigenvalue weighted by atomic mass is 9.91. The van der Waals surface area contributed by atoms with Crippen LogP contribution in [-0.2, 0) is 12.8 Å². The van der Waals surface area contributed by atoms with Gasteiger partial charge >= 0.3 is 0 Å². The van der Waals surface area contributed by atoms with Crippen LogP contribution in [0.15, 0.2) is 42.5 Å². The maximum Gasteiger partial charge on any atom is 0.163 e. The molecular weight excluding hydrogens is 651 g/mol. The molecule has 50 heavy (non-hydrogen) atoms. The molecule has 3 aromatic heterocycles. The van der Waals surface area contributed by atoms with Gasteiger partial charge in [0.1, 0.15) is 0 Å². The summed E-state index contributed by atoms with van der Waals surface area (Å²) in [5, 5.41) is 30.0. The number of benzene rings is 2. The average molecular weight is 698 g/mol. The minimum Gasteiger partial charge on any atom is -0.228 e. The van der Waals surface area contributed by atoms with Crippen LogP contribution in [-0.4, -0.2) is 9.97 Å². The van der Waals surface area contributed by atoms with Gasteiger partial charge in [0.15, 0.2) is 5.82 Å². The molecule has 5 nitrogen and oxygen atoms in total. The maximum absolute atomic E-state index is 10.2. The predicted molar refractivity (Wildman–Crippen MR) is 209 cm³/mol. The highest BCUT2D eigenvalue weighted by Gasteiger charge is 2.21. The summed E-state index contributed by atoms with van der Waals surface area (Å²) in [7, 11) is 0. The van der Waals surface area contributed by atoms with Crippen molar-refractivity contribution in [3.05, 3.63) is 80.7 Å². The summed E-state index contributed by atoms with van der Waals surface area (Å²) in [6.45, 7) is 8.88. The first-order valence-corrected chi connectivity index (χ1v) is 19.9. The van der Waals surface area contributed by atoms with Crippen molar-refractivity contribution in [3.63, 3.8) is 0 Å². The Balaban J connectivity index is 1.65. The van der Waals surface area contributed by atoms with Crippen molar-refractivity contribution in [3.8, 4) is 51.4 Å². The molecule has 5 aromatic rings. The quantitative estimate of drug-likeness (QED) is 0.0901. The van der Waals surface area contributed by atoms with Gasteiger partial charge in [-0.15, -0.1) is 22.7 Å². The molecule has 0 unspecified atom stereocenters. The van der Waals surface area contributed by atoms with Gasteiger partial charge < -0.3 is 0 Å². The summed E-state index contributed by atoms with van der Waals surface area (Å²) in [5.74, 6) is 0.339. The second-order valence-electron chi connectivity index (χ2n) is 13.4. The summed E-state index contributed by atoms with van der Waals surface area (Å²) in [4.78, 5) is 12.5. The molecule has 0 bridgehead atoms. The third-order valence-electron chi connectivity index (χ3n) is 9.48. The van der Waals surface area contributed by atoms with Crippen LogP contribution in [0.3, 0.4) is 0 Å². The monoisotopic (exact) mass is 697 g/mol. The van der Waals surface area contributed by atoms with Crippen molar-refractivity contribution < 1.29 is 0 Å². The van der Waals surface area contributed by atoms with E-state index in [1.807, 2.05) is 0 Å². The van der Waals surface area contributed by atoms with E-state index in [2.05, 4.69) is 76.2 Å². The summed E-state index contributed by atoms with van der Waals surface area (Å²) in [6, 6.07) is 20.8. The van der Waals surface area contributed by atoms with Crippen LogP contribution in [0, 0.1) is 47.8 Å². The fraction of sp³-hybridized carbons (Fsp3) is 0.419. The molecule has 0 N–H and O–H groups in total. The minimum atomic E-state index is 0.228. The molecule has 0 saturated carbocycles. The van der Waals surface area contributed by atoms with Gasteiger partial charge in [-0.25, -0.2) is 9.97 Å².